The molecule has 0 atom stereocenters. The molecule has 0 aliphatic heterocycles. The fourth-order valence-electron chi connectivity index (χ4n) is 1.79. The first kappa shape index (κ1) is 16.0. The third-order valence-electron chi connectivity index (χ3n) is 2.79. The summed E-state index contributed by atoms with van der Waals surface area (Å²) < 4.78 is 2.23. The van der Waals surface area contributed by atoms with Crippen LogP contribution in [0.3, 0.4) is 0 Å². The Hall–Kier alpha value is -2.35. The fourth-order valence-corrected chi connectivity index (χ4v) is 2.38. The first-order chi connectivity index (χ1) is 10.4. The van der Waals surface area contributed by atoms with Crippen LogP contribution in [0.25, 0.3) is 0 Å². The molecule has 7 nitrogen and oxygen atoms in total. The van der Waals surface area contributed by atoms with Crippen molar-refractivity contribution in [3.05, 3.63) is 40.5 Å². The molecule has 0 aliphatic carbocycles. The van der Waals surface area contributed by atoms with E-state index in [9.17, 15) is 9.59 Å². The van der Waals surface area contributed by atoms with Gasteiger partial charge in [-0.3, -0.25) is 14.3 Å². The molecule has 0 saturated carbocycles. The average molecular weight is 366 g/mol. The number of benzene rings is 1. The number of hydrogen-bond donors (Lipinski definition) is 3. The molecule has 2 rings (SSSR count). The predicted octanol–water partition coefficient (Wildman–Crippen LogP) is 1.49. The number of rotatable bonds is 6. The molecule has 1 heterocycles. The van der Waals surface area contributed by atoms with Crippen LogP contribution in [0.4, 0.5) is 11.5 Å². The Bertz CT molecular complexity index is 698. The molecule has 0 spiro atoms. The van der Waals surface area contributed by atoms with E-state index in [4.69, 9.17) is 5.73 Å². The largest absolute Gasteiger partial charge is 0.368 e. The van der Waals surface area contributed by atoms with Gasteiger partial charge in [0.2, 0.25) is 11.8 Å². The summed E-state index contributed by atoms with van der Waals surface area (Å²) in [5, 5.41) is 9.74. The van der Waals surface area contributed by atoms with E-state index in [1.54, 1.807) is 12.3 Å². The summed E-state index contributed by atoms with van der Waals surface area (Å²) in [4.78, 5) is 22.7. The van der Waals surface area contributed by atoms with Gasteiger partial charge in [0.15, 0.2) is 0 Å². The summed E-state index contributed by atoms with van der Waals surface area (Å²) in [5.74, 6) is -0.176. The van der Waals surface area contributed by atoms with Crippen molar-refractivity contribution in [3.63, 3.8) is 0 Å². The number of anilines is 2. The van der Waals surface area contributed by atoms with Crippen molar-refractivity contribution in [3.8, 4) is 0 Å². The van der Waals surface area contributed by atoms with Gasteiger partial charge in [-0.25, -0.2) is 0 Å². The number of amides is 2. The Labute approximate surface area is 136 Å². The summed E-state index contributed by atoms with van der Waals surface area (Å²) in [5.41, 5.74) is 6.88. The van der Waals surface area contributed by atoms with Gasteiger partial charge in [-0.15, -0.1) is 0 Å². The van der Waals surface area contributed by atoms with E-state index < -0.39 is 5.91 Å². The van der Waals surface area contributed by atoms with E-state index in [0.717, 1.165) is 10.0 Å². The predicted molar refractivity (Wildman–Crippen MR) is 87.4 cm³/mol. The number of nitrogens with one attached hydrogen (secondary N) is 2. The molecule has 0 radical (unpaired) electrons. The number of nitrogens with two attached hydrogens (primary N) is 1. The minimum absolute atomic E-state index is 0.00416. The number of halogens is 1. The molecule has 0 fully saturated rings. The van der Waals surface area contributed by atoms with Crippen LogP contribution in [0.1, 0.15) is 5.56 Å². The van der Waals surface area contributed by atoms with Gasteiger partial charge in [0.25, 0.3) is 0 Å². The van der Waals surface area contributed by atoms with E-state index in [0.29, 0.717) is 11.5 Å². The van der Waals surface area contributed by atoms with Crippen LogP contribution in [0.15, 0.2) is 34.9 Å². The molecule has 0 bridgehead atoms. The van der Waals surface area contributed by atoms with Crippen molar-refractivity contribution in [2.24, 2.45) is 5.73 Å². The van der Waals surface area contributed by atoms with E-state index >= 15 is 0 Å². The normalized spacial score (nSPS) is 10.3. The standard InChI is InChI=1S/C14H16BrN5O2/c1-9-2-3-11(10(15)6-9)18-14(22)7-17-13-4-5-20(19-13)8-12(16)21/h2-6H,7-8H2,1H3,(H2,16,21)(H,17,19)(H,18,22). The van der Waals surface area contributed by atoms with Crippen LogP contribution in [0, 0.1) is 6.92 Å². The summed E-state index contributed by atoms with van der Waals surface area (Å²) in [6.07, 6.45) is 1.61. The Kier molecular flexibility index (Phi) is 5.16. The van der Waals surface area contributed by atoms with Gasteiger partial charge < -0.3 is 16.4 Å². The third-order valence-corrected chi connectivity index (χ3v) is 3.44. The molecule has 0 unspecified atom stereocenters. The van der Waals surface area contributed by atoms with E-state index in [1.807, 2.05) is 25.1 Å². The van der Waals surface area contributed by atoms with Crippen LogP contribution in [-0.2, 0) is 16.1 Å². The highest BCUT2D eigenvalue weighted by Crippen LogP contribution is 2.23. The number of hydrogen-bond acceptors (Lipinski definition) is 4. The molecule has 1 aromatic carbocycles. The summed E-state index contributed by atoms with van der Waals surface area (Å²) in [6.45, 7) is 2.04. The van der Waals surface area contributed by atoms with Gasteiger partial charge in [-0.1, -0.05) is 6.07 Å². The first-order valence-corrected chi connectivity index (χ1v) is 7.35. The highest BCUT2D eigenvalue weighted by Gasteiger charge is 2.07. The maximum Gasteiger partial charge on any atom is 0.243 e. The van der Waals surface area contributed by atoms with E-state index in [-0.39, 0.29) is 19.0 Å². The zero-order valence-electron chi connectivity index (χ0n) is 12.0. The molecule has 0 aliphatic rings. The zero-order chi connectivity index (χ0) is 16.1. The summed E-state index contributed by atoms with van der Waals surface area (Å²) >= 11 is 3.40. The molecule has 8 heteroatoms. The monoisotopic (exact) mass is 365 g/mol. The molecule has 2 aromatic rings. The Morgan fingerprint density at radius 3 is 2.82 bits per heavy atom. The number of primary amides is 1. The Balaban J connectivity index is 1.87. The van der Waals surface area contributed by atoms with Crippen molar-refractivity contribution in [2.75, 3.05) is 17.2 Å². The van der Waals surface area contributed by atoms with Gasteiger partial charge in [-0.2, -0.15) is 5.10 Å². The minimum atomic E-state index is -0.475. The molecule has 22 heavy (non-hydrogen) atoms. The number of carbonyl (C=O) groups excluding carboxylic acids is 2. The lowest BCUT2D eigenvalue weighted by Gasteiger charge is -2.08. The maximum absolute atomic E-state index is 11.9. The topological polar surface area (TPSA) is 102 Å². The zero-order valence-corrected chi connectivity index (χ0v) is 13.6. The smallest absolute Gasteiger partial charge is 0.243 e. The highest BCUT2D eigenvalue weighted by molar-refractivity contribution is 9.10. The second kappa shape index (κ2) is 7.08. The lowest BCUT2D eigenvalue weighted by atomic mass is 10.2. The van der Waals surface area contributed by atoms with Crippen molar-refractivity contribution in [2.45, 2.75) is 13.5 Å². The third kappa shape index (κ3) is 4.59. The van der Waals surface area contributed by atoms with Crippen LogP contribution in [-0.4, -0.2) is 28.1 Å². The van der Waals surface area contributed by atoms with Gasteiger partial charge in [-0.05, 0) is 40.5 Å². The van der Waals surface area contributed by atoms with Crippen molar-refractivity contribution in [1.29, 1.82) is 0 Å². The lowest BCUT2D eigenvalue weighted by Crippen LogP contribution is -2.22. The lowest BCUT2D eigenvalue weighted by molar-refractivity contribution is -0.118. The second-order valence-electron chi connectivity index (χ2n) is 4.75. The fraction of sp³-hybridized carbons (Fsp3) is 0.214. The maximum atomic E-state index is 11.9. The van der Waals surface area contributed by atoms with Gasteiger partial charge >= 0.3 is 0 Å². The minimum Gasteiger partial charge on any atom is -0.368 e. The van der Waals surface area contributed by atoms with Crippen molar-refractivity contribution < 1.29 is 9.59 Å². The number of nitrogens with zero attached hydrogens (tertiary/aromatic N) is 2. The summed E-state index contributed by atoms with van der Waals surface area (Å²) in [6, 6.07) is 7.34. The summed E-state index contributed by atoms with van der Waals surface area (Å²) in [7, 11) is 0. The van der Waals surface area contributed by atoms with Crippen LogP contribution in [0.5, 0.6) is 0 Å². The van der Waals surface area contributed by atoms with E-state index in [1.165, 1.54) is 4.68 Å². The molecular formula is C14H16BrN5O2. The molecule has 2 amide bonds. The van der Waals surface area contributed by atoms with Crippen molar-refractivity contribution >= 4 is 39.2 Å². The van der Waals surface area contributed by atoms with Crippen molar-refractivity contribution in [1.82, 2.24) is 9.78 Å². The van der Waals surface area contributed by atoms with Gasteiger partial charge in [0.05, 0.1) is 12.2 Å². The average Bonchev–Trinajstić information content (AvgIpc) is 2.86. The Morgan fingerprint density at radius 1 is 1.36 bits per heavy atom. The quantitative estimate of drug-likeness (QED) is 0.721. The first-order valence-electron chi connectivity index (χ1n) is 6.55. The molecule has 4 N–H and O–H groups in total. The van der Waals surface area contributed by atoms with Crippen LogP contribution < -0.4 is 16.4 Å². The second-order valence-corrected chi connectivity index (χ2v) is 5.60. The van der Waals surface area contributed by atoms with Gasteiger partial charge in [0, 0.05) is 16.7 Å². The molecule has 1 aromatic heterocycles. The molecular weight excluding hydrogens is 350 g/mol. The highest BCUT2D eigenvalue weighted by atomic mass is 79.9. The number of aromatic nitrogens is 2. The Morgan fingerprint density at radius 2 is 2.14 bits per heavy atom. The number of carbonyl (C=O) groups is 2. The number of aryl methyl sites for hydroxylation is 1. The molecule has 116 valence electrons. The SMILES string of the molecule is Cc1ccc(NC(=O)CNc2ccn(CC(N)=O)n2)c(Br)c1. The van der Waals surface area contributed by atoms with E-state index in [2.05, 4.69) is 31.7 Å². The van der Waals surface area contributed by atoms with Crippen LogP contribution in [0.2, 0.25) is 0 Å². The van der Waals surface area contributed by atoms with Gasteiger partial charge in [0.1, 0.15) is 12.4 Å². The molecule has 0 saturated heterocycles. The van der Waals surface area contributed by atoms with Crippen LogP contribution >= 0.6 is 15.9 Å².